The van der Waals surface area contributed by atoms with Gasteiger partial charge in [-0.2, -0.15) is 0 Å². The third-order valence-corrected chi connectivity index (χ3v) is 2.01. The number of nitrogens with zero attached hydrogens (tertiary/aromatic N) is 1. The van der Waals surface area contributed by atoms with Crippen LogP contribution in [0.15, 0.2) is 11.8 Å². The molecule has 12 heavy (non-hydrogen) atoms. The van der Waals surface area contributed by atoms with E-state index in [0.29, 0.717) is 5.13 Å². The van der Waals surface area contributed by atoms with Crippen molar-refractivity contribution in [2.45, 2.75) is 6.92 Å². The molecule has 5 heteroatoms. The molecular weight excluding hydrogens is 176 g/mol. The van der Waals surface area contributed by atoms with Crippen LogP contribution in [0.2, 0.25) is 0 Å². The Kier molecular flexibility index (Phi) is 2.44. The fraction of sp³-hybridized carbons (Fsp3) is 0.143. The molecule has 0 radical (unpaired) electrons. The van der Waals surface area contributed by atoms with Gasteiger partial charge >= 0.3 is 5.97 Å². The number of carbonyl (C=O) groups is 1. The monoisotopic (exact) mass is 184 g/mol. The highest BCUT2D eigenvalue weighted by atomic mass is 32.1. The number of carboxylic acids is 1. The second kappa shape index (κ2) is 3.36. The van der Waals surface area contributed by atoms with Gasteiger partial charge in [-0.1, -0.05) is 11.3 Å². The quantitative estimate of drug-likeness (QED) is 0.677. The molecule has 0 atom stereocenters. The van der Waals surface area contributed by atoms with Crippen LogP contribution in [0.5, 0.6) is 0 Å². The predicted molar refractivity (Wildman–Crippen MR) is 47.8 cm³/mol. The summed E-state index contributed by atoms with van der Waals surface area (Å²) in [4.78, 5) is 14.9. The lowest BCUT2D eigenvalue weighted by Crippen LogP contribution is -1.94. The molecule has 0 aromatic carbocycles. The number of aromatic nitrogens is 1. The van der Waals surface area contributed by atoms with E-state index in [1.165, 1.54) is 24.3 Å². The lowest BCUT2D eigenvalue weighted by Gasteiger charge is -1.88. The molecule has 0 aliphatic carbocycles. The summed E-state index contributed by atoms with van der Waals surface area (Å²) in [6, 6.07) is 0. The summed E-state index contributed by atoms with van der Waals surface area (Å²) < 4.78 is 0. The highest BCUT2D eigenvalue weighted by Gasteiger charge is 2.01. The molecule has 64 valence electrons. The van der Waals surface area contributed by atoms with E-state index in [0.717, 1.165) is 4.88 Å². The van der Waals surface area contributed by atoms with Crippen molar-refractivity contribution in [2.24, 2.45) is 0 Å². The normalized spacial score (nSPS) is 11.6. The van der Waals surface area contributed by atoms with Gasteiger partial charge < -0.3 is 10.8 Å². The highest BCUT2D eigenvalue weighted by molar-refractivity contribution is 7.16. The molecule has 1 rings (SSSR count). The Morgan fingerprint density at radius 1 is 1.83 bits per heavy atom. The molecule has 0 spiro atoms. The van der Waals surface area contributed by atoms with Gasteiger partial charge in [0.05, 0.1) is 0 Å². The molecule has 0 saturated carbocycles. The van der Waals surface area contributed by atoms with Gasteiger partial charge in [-0.15, -0.1) is 0 Å². The molecule has 4 nitrogen and oxygen atoms in total. The summed E-state index contributed by atoms with van der Waals surface area (Å²) in [5.74, 6) is -0.929. The Hall–Kier alpha value is -1.36. The van der Waals surface area contributed by atoms with Gasteiger partial charge in [0.2, 0.25) is 0 Å². The second-order valence-electron chi connectivity index (χ2n) is 2.23. The van der Waals surface area contributed by atoms with E-state index >= 15 is 0 Å². The van der Waals surface area contributed by atoms with Crippen molar-refractivity contribution in [3.8, 4) is 0 Å². The Morgan fingerprint density at radius 2 is 2.50 bits per heavy atom. The first-order chi connectivity index (χ1) is 5.59. The van der Waals surface area contributed by atoms with Crippen molar-refractivity contribution >= 4 is 28.5 Å². The third kappa shape index (κ3) is 2.06. The molecule has 0 amide bonds. The first-order valence-electron chi connectivity index (χ1n) is 3.22. The van der Waals surface area contributed by atoms with Crippen LogP contribution < -0.4 is 5.73 Å². The summed E-state index contributed by atoms with van der Waals surface area (Å²) in [7, 11) is 0. The van der Waals surface area contributed by atoms with Gasteiger partial charge in [-0.25, -0.2) is 9.78 Å². The van der Waals surface area contributed by atoms with Crippen LogP contribution in [-0.2, 0) is 4.79 Å². The van der Waals surface area contributed by atoms with Crippen LogP contribution in [0.1, 0.15) is 11.8 Å². The van der Waals surface area contributed by atoms with Crippen molar-refractivity contribution in [3.63, 3.8) is 0 Å². The van der Waals surface area contributed by atoms with Crippen LogP contribution in [-0.4, -0.2) is 16.1 Å². The van der Waals surface area contributed by atoms with E-state index in [1.807, 2.05) is 0 Å². The summed E-state index contributed by atoms with van der Waals surface area (Å²) in [5.41, 5.74) is 5.64. The molecular formula is C7H8N2O2S. The number of rotatable bonds is 2. The minimum Gasteiger partial charge on any atom is -0.478 e. The molecule has 0 saturated heterocycles. The van der Waals surface area contributed by atoms with Crippen LogP contribution in [0.4, 0.5) is 5.13 Å². The smallest absolute Gasteiger partial charge is 0.331 e. The summed E-state index contributed by atoms with van der Waals surface area (Å²) in [6.07, 6.45) is 3.09. The number of nitrogen functional groups attached to an aromatic ring is 1. The lowest BCUT2D eigenvalue weighted by atomic mass is 10.3. The maximum atomic E-state index is 10.4. The van der Waals surface area contributed by atoms with E-state index in [9.17, 15) is 4.79 Å². The summed E-state index contributed by atoms with van der Waals surface area (Å²) >= 11 is 1.26. The molecule has 1 aromatic heterocycles. The standard InChI is InChI=1S/C7H8N2O2S/c1-4(6(10)11)2-5-3-9-7(8)12-5/h2-3H,1H3,(H2,8,9)(H,10,11)/b4-2+. The Bertz CT molecular complexity index is 330. The molecule has 3 N–H and O–H groups in total. The van der Waals surface area contributed by atoms with E-state index in [-0.39, 0.29) is 5.57 Å². The van der Waals surface area contributed by atoms with Gasteiger partial charge in [0.25, 0.3) is 0 Å². The van der Waals surface area contributed by atoms with Crippen molar-refractivity contribution in [2.75, 3.05) is 5.73 Å². The minimum absolute atomic E-state index is 0.277. The van der Waals surface area contributed by atoms with Gasteiger partial charge in [-0.3, -0.25) is 0 Å². The van der Waals surface area contributed by atoms with Crippen molar-refractivity contribution in [1.82, 2.24) is 4.98 Å². The largest absolute Gasteiger partial charge is 0.478 e. The van der Waals surface area contributed by atoms with Crippen LogP contribution in [0, 0.1) is 0 Å². The average Bonchev–Trinajstić information content (AvgIpc) is 2.35. The fourth-order valence-corrected chi connectivity index (χ4v) is 1.33. The Balaban J connectivity index is 2.87. The fourth-order valence-electron chi connectivity index (χ4n) is 0.643. The van der Waals surface area contributed by atoms with Gasteiger partial charge in [0.15, 0.2) is 5.13 Å². The molecule has 0 aliphatic rings. The molecule has 0 fully saturated rings. The molecule has 0 bridgehead atoms. The van der Waals surface area contributed by atoms with Gasteiger partial charge in [-0.05, 0) is 13.0 Å². The zero-order valence-corrected chi connectivity index (χ0v) is 7.26. The van der Waals surface area contributed by atoms with Crippen LogP contribution in [0.25, 0.3) is 6.08 Å². The van der Waals surface area contributed by atoms with Crippen LogP contribution in [0.3, 0.4) is 0 Å². The molecule has 0 unspecified atom stereocenters. The number of hydrogen-bond acceptors (Lipinski definition) is 4. The Morgan fingerprint density at radius 3 is 2.92 bits per heavy atom. The number of anilines is 1. The Labute approximate surface area is 73.4 Å². The number of aliphatic carboxylic acids is 1. The first-order valence-corrected chi connectivity index (χ1v) is 4.04. The topological polar surface area (TPSA) is 76.2 Å². The summed E-state index contributed by atoms with van der Waals surface area (Å²) in [5, 5.41) is 8.98. The van der Waals surface area contributed by atoms with Crippen molar-refractivity contribution < 1.29 is 9.90 Å². The zero-order valence-electron chi connectivity index (χ0n) is 6.44. The maximum Gasteiger partial charge on any atom is 0.331 e. The zero-order chi connectivity index (χ0) is 9.14. The SMILES string of the molecule is C/C(=C\c1cnc(N)s1)C(=O)O. The molecule has 1 heterocycles. The van der Waals surface area contributed by atoms with Crippen molar-refractivity contribution in [1.29, 1.82) is 0 Å². The average molecular weight is 184 g/mol. The van der Waals surface area contributed by atoms with E-state index in [1.54, 1.807) is 6.20 Å². The second-order valence-corrected chi connectivity index (χ2v) is 3.33. The number of nitrogens with two attached hydrogens (primary N) is 1. The number of hydrogen-bond donors (Lipinski definition) is 2. The molecule has 0 aliphatic heterocycles. The minimum atomic E-state index is -0.929. The van der Waals surface area contributed by atoms with E-state index in [4.69, 9.17) is 10.8 Å². The van der Waals surface area contributed by atoms with E-state index < -0.39 is 5.97 Å². The molecule has 1 aromatic rings. The third-order valence-electron chi connectivity index (χ3n) is 1.24. The highest BCUT2D eigenvalue weighted by Crippen LogP contribution is 2.17. The maximum absolute atomic E-state index is 10.4. The lowest BCUT2D eigenvalue weighted by molar-refractivity contribution is -0.132. The number of thiazole rings is 1. The van der Waals surface area contributed by atoms with Gasteiger partial charge in [0, 0.05) is 16.6 Å². The van der Waals surface area contributed by atoms with Gasteiger partial charge in [0.1, 0.15) is 0 Å². The van der Waals surface area contributed by atoms with Crippen LogP contribution >= 0.6 is 11.3 Å². The summed E-state index contributed by atoms with van der Waals surface area (Å²) in [6.45, 7) is 1.53. The first kappa shape index (κ1) is 8.73. The van der Waals surface area contributed by atoms with Crippen molar-refractivity contribution in [3.05, 3.63) is 16.6 Å². The van der Waals surface area contributed by atoms with E-state index in [2.05, 4.69) is 4.98 Å². The predicted octanol–water partition coefficient (Wildman–Crippen LogP) is 1.21. The number of carboxylic acid groups (broad SMARTS) is 1.